The van der Waals surface area contributed by atoms with Gasteiger partial charge in [-0.15, -0.1) is 0 Å². The third-order valence-electron chi connectivity index (χ3n) is 4.89. The summed E-state index contributed by atoms with van der Waals surface area (Å²) in [5, 5.41) is 20.9. The SMILES string of the molecule is CN(CC(O)COc1ccc([N+](=O)[O-])cc1F)c1ccc(-c2ccccc2C(F)(F)F)cc1. The zero-order valence-corrected chi connectivity index (χ0v) is 17.4. The number of aliphatic hydroxyl groups is 1. The second-order valence-corrected chi connectivity index (χ2v) is 7.31. The molecule has 10 heteroatoms. The van der Waals surface area contributed by atoms with E-state index in [-0.39, 0.29) is 24.5 Å². The van der Waals surface area contributed by atoms with Crippen LogP contribution >= 0.6 is 0 Å². The number of rotatable bonds is 8. The van der Waals surface area contributed by atoms with E-state index in [1.165, 1.54) is 18.2 Å². The molecule has 0 aliphatic heterocycles. The van der Waals surface area contributed by atoms with Crippen LogP contribution in [0, 0.1) is 15.9 Å². The van der Waals surface area contributed by atoms with Crippen LogP contribution < -0.4 is 9.64 Å². The summed E-state index contributed by atoms with van der Waals surface area (Å²) in [5.41, 5.74) is -0.0299. The third-order valence-corrected chi connectivity index (χ3v) is 4.89. The first-order chi connectivity index (χ1) is 15.6. The van der Waals surface area contributed by atoms with E-state index >= 15 is 0 Å². The molecule has 1 unspecified atom stereocenters. The number of nitrogens with zero attached hydrogens (tertiary/aromatic N) is 2. The van der Waals surface area contributed by atoms with Gasteiger partial charge in [-0.2, -0.15) is 13.2 Å². The Morgan fingerprint density at radius 3 is 2.36 bits per heavy atom. The van der Waals surface area contributed by atoms with Gasteiger partial charge < -0.3 is 14.7 Å². The maximum Gasteiger partial charge on any atom is 0.417 e. The Kier molecular flexibility index (Phi) is 7.17. The van der Waals surface area contributed by atoms with E-state index in [1.54, 1.807) is 36.2 Å². The average Bonchev–Trinajstić information content (AvgIpc) is 2.77. The number of halogens is 4. The lowest BCUT2D eigenvalue weighted by Crippen LogP contribution is -2.33. The number of non-ortho nitro benzene ring substituents is 1. The first kappa shape index (κ1) is 24.0. The molecule has 0 heterocycles. The number of ether oxygens (including phenoxy) is 1. The number of likely N-dealkylation sites (N-methyl/N-ethyl adjacent to an activating group) is 1. The van der Waals surface area contributed by atoms with Crippen LogP contribution in [0.3, 0.4) is 0 Å². The summed E-state index contributed by atoms with van der Waals surface area (Å²) in [7, 11) is 1.67. The van der Waals surface area contributed by atoms with E-state index in [1.807, 2.05) is 0 Å². The minimum atomic E-state index is -4.47. The second-order valence-electron chi connectivity index (χ2n) is 7.31. The van der Waals surface area contributed by atoms with Crippen LogP contribution in [-0.4, -0.2) is 36.3 Å². The number of nitro groups is 1. The molecule has 1 N–H and O–H groups in total. The Balaban J connectivity index is 1.62. The van der Waals surface area contributed by atoms with Gasteiger partial charge in [0, 0.05) is 25.3 Å². The van der Waals surface area contributed by atoms with Crippen molar-refractivity contribution < 1.29 is 32.3 Å². The topological polar surface area (TPSA) is 75.8 Å². The molecule has 0 aliphatic rings. The summed E-state index contributed by atoms with van der Waals surface area (Å²) in [4.78, 5) is 11.6. The van der Waals surface area contributed by atoms with Crippen LogP contribution in [0.5, 0.6) is 5.75 Å². The molecule has 0 fully saturated rings. The number of aliphatic hydroxyl groups excluding tert-OH is 1. The summed E-state index contributed by atoms with van der Waals surface area (Å²) in [6.45, 7) is -0.177. The molecule has 0 bridgehead atoms. The zero-order chi connectivity index (χ0) is 24.2. The lowest BCUT2D eigenvalue weighted by Gasteiger charge is -2.23. The minimum absolute atomic E-state index is 0.0674. The lowest BCUT2D eigenvalue weighted by atomic mass is 9.99. The summed E-state index contributed by atoms with van der Waals surface area (Å²) < 4.78 is 58.9. The summed E-state index contributed by atoms with van der Waals surface area (Å²) >= 11 is 0. The minimum Gasteiger partial charge on any atom is -0.488 e. The molecule has 0 spiro atoms. The van der Waals surface area contributed by atoms with Gasteiger partial charge in [0.15, 0.2) is 11.6 Å². The normalized spacial score (nSPS) is 12.3. The van der Waals surface area contributed by atoms with Gasteiger partial charge in [-0.25, -0.2) is 4.39 Å². The quantitative estimate of drug-likeness (QED) is 0.278. The predicted octanol–water partition coefficient (Wildman–Crippen LogP) is 5.30. The van der Waals surface area contributed by atoms with E-state index in [2.05, 4.69) is 0 Å². The van der Waals surface area contributed by atoms with Gasteiger partial charge >= 0.3 is 6.18 Å². The zero-order valence-electron chi connectivity index (χ0n) is 17.4. The largest absolute Gasteiger partial charge is 0.488 e. The van der Waals surface area contributed by atoms with E-state index < -0.39 is 34.3 Å². The fraction of sp³-hybridized carbons (Fsp3) is 0.217. The molecule has 0 aromatic heterocycles. The highest BCUT2D eigenvalue weighted by molar-refractivity contribution is 5.70. The van der Waals surface area contributed by atoms with Crippen molar-refractivity contribution in [1.29, 1.82) is 0 Å². The van der Waals surface area contributed by atoms with E-state index in [9.17, 15) is 32.8 Å². The summed E-state index contributed by atoms with van der Waals surface area (Å²) in [6.07, 6.45) is -5.51. The Labute approximate surface area is 186 Å². The average molecular weight is 464 g/mol. The van der Waals surface area contributed by atoms with Crippen molar-refractivity contribution in [1.82, 2.24) is 0 Å². The molecular formula is C23H20F4N2O4. The van der Waals surface area contributed by atoms with Crippen molar-refractivity contribution in [2.24, 2.45) is 0 Å². The van der Waals surface area contributed by atoms with Gasteiger partial charge in [0.25, 0.3) is 5.69 Å². The molecule has 0 radical (unpaired) electrons. The number of anilines is 1. The molecule has 0 saturated carbocycles. The molecular weight excluding hydrogens is 444 g/mol. The summed E-state index contributed by atoms with van der Waals surface area (Å²) in [6, 6.07) is 14.6. The van der Waals surface area contributed by atoms with Crippen LogP contribution in [0.25, 0.3) is 11.1 Å². The van der Waals surface area contributed by atoms with Crippen molar-refractivity contribution in [3.8, 4) is 16.9 Å². The first-order valence-corrected chi connectivity index (χ1v) is 9.79. The van der Waals surface area contributed by atoms with Crippen LogP contribution in [0.1, 0.15) is 5.56 Å². The van der Waals surface area contributed by atoms with Gasteiger partial charge in [0.2, 0.25) is 0 Å². The molecule has 0 saturated heterocycles. The standard InChI is InChI=1S/C23H20F4N2O4/c1-28(13-18(30)14-33-22-11-10-17(29(31)32)12-21(22)24)16-8-6-15(7-9-16)19-4-2-3-5-20(19)23(25,26)27/h2-12,18,30H,13-14H2,1H3. The molecule has 3 rings (SSSR count). The van der Waals surface area contributed by atoms with Crippen molar-refractivity contribution in [2.75, 3.05) is 25.1 Å². The van der Waals surface area contributed by atoms with Crippen molar-refractivity contribution in [3.05, 3.63) is 88.2 Å². The second kappa shape index (κ2) is 9.86. The van der Waals surface area contributed by atoms with Crippen LogP contribution in [0.2, 0.25) is 0 Å². The van der Waals surface area contributed by atoms with Crippen molar-refractivity contribution in [3.63, 3.8) is 0 Å². The molecule has 3 aromatic carbocycles. The highest BCUT2D eigenvalue weighted by Gasteiger charge is 2.33. The maximum absolute atomic E-state index is 13.9. The third kappa shape index (κ3) is 5.98. The number of hydrogen-bond donors (Lipinski definition) is 1. The summed E-state index contributed by atoms with van der Waals surface area (Å²) in [5.74, 6) is -1.14. The van der Waals surface area contributed by atoms with Crippen LogP contribution in [0.4, 0.5) is 28.9 Å². The van der Waals surface area contributed by atoms with E-state index in [4.69, 9.17) is 4.74 Å². The van der Waals surface area contributed by atoms with Crippen LogP contribution in [0.15, 0.2) is 66.7 Å². The molecule has 33 heavy (non-hydrogen) atoms. The number of nitro benzene ring substituents is 1. The smallest absolute Gasteiger partial charge is 0.417 e. The first-order valence-electron chi connectivity index (χ1n) is 9.79. The maximum atomic E-state index is 13.9. The lowest BCUT2D eigenvalue weighted by molar-refractivity contribution is -0.385. The highest BCUT2D eigenvalue weighted by atomic mass is 19.4. The van der Waals surface area contributed by atoms with Gasteiger partial charge in [0.1, 0.15) is 12.7 Å². The highest BCUT2D eigenvalue weighted by Crippen LogP contribution is 2.37. The Morgan fingerprint density at radius 2 is 1.76 bits per heavy atom. The number of alkyl halides is 3. The Morgan fingerprint density at radius 1 is 1.09 bits per heavy atom. The molecule has 0 amide bonds. The van der Waals surface area contributed by atoms with E-state index in [0.29, 0.717) is 11.3 Å². The van der Waals surface area contributed by atoms with Crippen molar-refractivity contribution >= 4 is 11.4 Å². The van der Waals surface area contributed by atoms with Gasteiger partial charge in [-0.3, -0.25) is 10.1 Å². The van der Waals surface area contributed by atoms with Crippen LogP contribution in [-0.2, 0) is 6.18 Å². The van der Waals surface area contributed by atoms with Gasteiger partial charge in [-0.1, -0.05) is 30.3 Å². The van der Waals surface area contributed by atoms with Gasteiger partial charge in [-0.05, 0) is 35.4 Å². The monoisotopic (exact) mass is 464 g/mol. The molecule has 174 valence electrons. The Hall–Kier alpha value is -3.66. The van der Waals surface area contributed by atoms with E-state index in [0.717, 1.165) is 24.3 Å². The fourth-order valence-electron chi connectivity index (χ4n) is 3.26. The molecule has 1 atom stereocenters. The molecule has 0 aliphatic carbocycles. The number of hydrogen-bond acceptors (Lipinski definition) is 5. The fourth-order valence-corrected chi connectivity index (χ4v) is 3.26. The Bertz CT molecular complexity index is 1120. The molecule has 3 aromatic rings. The molecule has 6 nitrogen and oxygen atoms in total. The predicted molar refractivity (Wildman–Crippen MR) is 115 cm³/mol. The number of benzene rings is 3. The van der Waals surface area contributed by atoms with Gasteiger partial charge in [0.05, 0.1) is 16.6 Å². The van der Waals surface area contributed by atoms with Crippen molar-refractivity contribution in [2.45, 2.75) is 12.3 Å².